The molecule has 4 heterocycles. The summed E-state index contributed by atoms with van der Waals surface area (Å²) in [6.07, 6.45) is 0.714. The number of hydrogen-bond acceptors (Lipinski definition) is 24. The molecule has 112 heavy (non-hydrogen) atoms. The Balaban J connectivity index is 1.41. The molecule has 15 amide bonds. The van der Waals surface area contributed by atoms with Crippen molar-refractivity contribution in [2.24, 2.45) is 39.9 Å². The molecular weight excluding hydrogens is 1510 g/mol. The Morgan fingerprint density at radius 1 is 0.473 bits per heavy atom. The van der Waals surface area contributed by atoms with E-state index in [0.29, 0.717) is 18.6 Å². The monoisotopic (exact) mass is 1630 g/mol. The van der Waals surface area contributed by atoms with Gasteiger partial charge in [-0.05, 0) is 114 Å². The van der Waals surface area contributed by atoms with Crippen LogP contribution >= 0.6 is 23.5 Å². The van der Waals surface area contributed by atoms with E-state index in [2.05, 4.69) is 63.5 Å². The summed E-state index contributed by atoms with van der Waals surface area (Å²) >= 11 is 2.48. The maximum Gasteiger partial charge on any atom is 0.326 e. The van der Waals surface area contributed by atoms with Crippen molar-refractivity contribution in [1.29, 1.82) is 0 Å². The van der Waals surface area contributed by atoms with Crippen molar-refractivity contribution in [2.75, 3.05) is 69.6 Å². The molecule has 630 valence electrons. The maximum absolute atomic E-state index is 14.6. The number of aliphatic hydroxyl groups is 3. The lowest BCUT2D eigenvalue weighted by Gasteiger charge is -2.34. The van der Waals surface area contributed by atoms with E-state index in [1.807, 2.05) is 0 Å². The van der Waals surface area contributed by atoms with Crippen LogP contribution in [-0.4, -0.2) is 318 Å². The summed E-state index contributed by atoms with van der Waals surface area (Å²) in [5.41, 5.74) is 16.8. The lowest BCUT2D eigenvalue weighted by molar-refractivity contribution is -0.147. The predicted octanol–water partition coefficient (Wildman–Crippen LogP) is -7.33. The second-order valence-electron chi connectivity index (χ2n) is 29.1. The summed E-state index contributed by atoms with van der Waals surface area (Å²) in [4.78, 5) is 239. The van der Waals surface area contributed by atoms with Crippen LogP contribution in [0.25, 0.3) is 0 Å². The van der Waals surface area contributed by atoms with E-state index in [9.17, 15) is 107 Å². The first-order valence-corrected chi connectivity index (χ1v) is 40.0. The van der Waals surface area contributed by atoms with Gasteiger partial charge in [0.25, 0.3) is 0 Å². The summed E-state index contributed by atoms with van der Waals surface area (Å²) in [6, 6.07) is -21.1. The van der Waals surface area contributed by atoms with Gasteiger partial charge in [0.05, 0.1) is 37.7 Å². The van der Waals surface area contributed by atoms with Gasteiger partial charge in [-0.15, -0.1) is 11.8 Å². The fourth-order valence-electron chi connectivity index (χ4n) is 13.1. The number of hydrogen-bond donors (Lipinski definition) is 19. The fraction of sp³-hybridized carbons (Fsp3) is 0.739. The quantitative estimate of drug-likeness (QED) is 0.0117. The standard InChI is InChI=1S/C69H115N19O22S2/c1-33(2)50(62(103)77-41(68(109)110)21-27-111-10)81-58(99)47-19-14-25-87(47)66(107)52(35(5)6)83-60(101)48-20-15-26-88(48)67(108)51(34(3)4)82-59(100)45-17-12-23-85(45)65(106)44(30-90)80-63(104)53(37(8)91)84-61(102)46-18-13-24-86(46)64(105)43(29-89)79-56(97)40(16-11-22-73-69(71)72)76-54(95)36(7)75-57(98)42(28-49(93)94)78-55(96)39(70)31-112-32-74-38(9)92/h33-37,39-48,50-53,89-91H,11-32,70H2,1-10H3,(H,74,92)(H,75,98)(H,76,95)(H,77,103)(H,78,96)(H,79,97)(H,80,104)(H,81,99)(H,82,100)(H,83,101)(H,84,102)(H,93,94)(H,109,110)(H4,71,72,73)/t36-,37+,39-,40-,41-,42-,43-,44-,45-,46-,47-,48-,50-,51-,52-,53-/m0/s1. The van der Waals surface area contributed by atoms with Crippen molar-refractivity contribution >= 4 is 130 Å². The third-order valence-corrected chi connectivity index (χ3v) is 20.9. The van der Waals surface area contributed by atoms with Crippen LogP contribution < -0.4 is 75.7 Å². The topological polar surface area (TPSA) is 627 Å². The Labute approximate surface area is 657 Å². The van der Waals surface area contributed by atoms with Gasteiger partial charge in [-0.3, -0.25) is 81.7 Å². The van der Waals surface area contributed by atoms with Crippen LogP contribution in [0.5, 0.6) is 0 Å². The van der Waals surface area contributed by atoms with E-state index in [0.717, 1.165) is 28.5 Å². The highest BCUT2D eigenvalue weighted by molar-refractivity contribution is 7.99. The van der Waals surface area contributed by atoms with Gasteiger partial charge in [-0.25, -0.2) is 4.79 Å². The van der Waals surface area contributed by atoms with Crippen LogP contribution in [0.2, 0.25) is 0 Å². The van der Waals surface area contributed by atoms with Crippen molar-refractivity contribution in [1.82, 2.24) is 78.1 Å². The van der Waals surface area contributed by atoms with Crippen molar-refractivity contribution in [3.63, 3.8) is 0 Å². The smallest absolute Gasteiger partial charge is 0.326 e. The predicted molar refractivity (Wildman–Crippen MR) is 406 cm³/mol. The molecule has 0 aliphatic carbocycles. The molecule has 4 fully saturated rings. The van der Waals surface area contributed by atoms with Gasteiger partial charge in [-0.2, -0.15) is 11.8 Å². The lowest BCUT2D eigenvalue weighted by atomic mass is 9.99. The zero-order valence-corrected chi connectivity index (χ0v) is 66.6. The molecule has 43 heteroatoms. The number of nitrogens with one attached hydrogen (secondary N) is 11. The van der Waals surface area contributed by atoms with Gasteiger partial charge in [0.15, 0.2) is 5.96 Å². The summed E-state index contributed by atoms with van der Waals surface area (Å²) in [5, 5.41) is 78.7. The maximum atomic E-state index is 14.6. The molecule has 4 saturated heterocycles. The molecule has 4 rings (SSSR count). The molecule has 0 saturated carbocycles. The molecule has 0 unspecified atom stereocenters. The average molecular weight is 1630 g/mol. The summed E-state index contributed by atoms with van der Waals surface area (Å²) in [6.45, 7) is 11.5. The Kier molecular flexibility index (Phi) is 39.2. The Bertz CT molecular complexity index is 3390. The highest BCUT2D eigenvalue weighted by atomic mass is 32.2. The number of guanidine groups is 1. The van der Waals surface area contributed by atoms with E-state index >= 15 is 0 Å². The van der Waals surface area contributed by atoms with Crippen molar-refractivity contribution in [3.05, 3.63) is 0 Å². The van der Waals surface area contributed by atoms with E-state index in [-0.39, 0.29) is 114 Å². The van der Waals surface area contributed by atoms with E-state index in [1.165, 1.54) is 35.4 Å². The molecule has 16 atom stereocenters. The second-order valence-corrected chi connectivity index (χ2v) is 31.1. The average Bonchev–Trinajstić information content (AvgIpc) is 1.61. The first kappa shape index (κ1) is 95.2. The normalized spacial score (nSPS) is 20.0. The molecule has 41 nitrogen and oxygen atoms in total. The summed E-state index contributed by atoms with van der Waals surface area (Å²) in [7, 11) is 0. The first-order valence-electron chi connectivity index (χ1n) is 37.4. The van der Waals surface area contributed by atoms with Crippen LogP contribution in [0.4, 0.5) is 0 Å². The third-order valence-electron chi connectivity index (χ3n) is 19.3. The largest absolute Gasteiger partial charge is 0.481 e. The Hall–Kier alpha value is -9.20. The van der Waals surface area contributed by atoms with E-state index < -0.39 is 229 Å². The number of amides is 15. The molecular formula is C69H115N19O22S2. The second kappa shape index (κ2) is 46.1. The minimum absolute atomic E-state index is 0.0195. The highest BCUT2D eigenvalue weighted by Crippen LogP contribution is 2.27. The zero-order chi connectivity index (χ0) is 84.1. The van der Waals surface area contributed by atoms with Crippen LogP contribution in [0.1, 0.15) is 139 Å². The molecule has 0 bridgehead atoms. The van der Waals surface area contributed by atoms with Gasteiger partial charge in [0.2, 0.25) is 88.6 Å². The minimum atomic E-state index is -1.87. The van der Waals surface area contributed by atoms with E-state index in [4.69, 9.17) is 17.2 Å². The first-order chi connectivity index (χ1) is 52.7. The molecule has 0 radical (unpaired) electrons. The van der Waals surface area contributed by atoms with Crippen LogP contribution in [0.3, 0.4) is 0 Å². The number of nitrogens with zero attached hydrogens (tertiary/aromatic N) is 5. The molecule has 22 N–H and O–H groups in total. The van der Waals surface area contributed by atoms with Crippen LogP contribution in [-0.2, 0) is 81.5 Å². The van der Waals surface area contributed by atoms with Gasteiger partial charge >= 0.3 is 11.9 Å². The summed E-state index contributed by atoms with van der Waals surface area (Å²) < 4.78 is 0. The number of carbonyl (C=O) groups excluding carboxylic acids is 15. The summed E-state index contributed by atoms with van der Waals surface area (Å²) in [5.74, 6) is -16.8. The number of nitrogens with two attached hydrogens (primary N) is 3. The highest BCUT2D eigenvalue weighted by Gasteiger charge is 2.47. The van der Waals surface area contributed by atoms with Gasteiger partial charge in [0, 0.05) is 45.4 Å². The Morgan fingerprint density at radius 2 is 0.857 bits per heavy atom. The zero-order valence-electron chi connectivity index (χ0n) is 65.0. The Morgan fingerprint density at radius 3 is 1.25 bits per heavy atom. The molecule has 0 aromatic rings. The molecule has 0 aromatic heterocycles. The molecule has 0 spiro atoms. The molecule has 4 aliphatic rings. The number of carboxylic acids is 2. The van der Waals surface area contributed by atoms with E-state index in [1.54, 1.807) is 47.8 Å². The third kappa shape index (κ3) is 28.2. The SMILES string of the molecule is CSCC[C@H](NC(=O)[C@@H](NC(=O)[C@@H]1CCCN1C(=O)[C@@H](NC(=O)[C@@H]1CCCN1C(=O)[C@@H](NC(=O)[C@@H]1CCCN1C(=O)[C@H](CO)NC(=O)[C@@H](NC(=O)[C@@H]1CCCN1C(=O)[C@H](CO)NC(=O)[C@H](CCCN=C(N)N)NC(=O)[C@H](C)NC(=O)[C@H](CC(=O)O)NC(=O)[C@@H](N)CSCNC(C)=O)[C@@H](C)O)C(C)C)C(C)C)C(C)C)C(=O)O. The minimum Gasteiger partial charge on any atom is -0.481 e. The number of aliphatic carboxylic acids is 2. The van der Waals surface area contributed by atoms with Crippen molar-refractivity contribution in [3.8, 4) is 0 Å². The number of carbonyl (C=O) groups is 17. The van der Waals surface area contributed by atoms with Crippen LogP contribution in [0.15, 0.2) is 4.99 Å². The van der Waals surface area contributed by atoms with Crippen molar-refractivity contribution in [2.45, 2.75) is 236 Å². The number of likely N-dealkylation sites (tertiary alicyclic amines) is 4. The number of aliphatic hydroxyl groups excluding tert-OH is 3. The van der Waals surface area contributed by atoms with Gasteiger partial charge in [0.1, 0.15) is 84.6 Å². The molecule has 0 aromatic carbocycles. The number of aliphatic imine (C=N–C) groups is 1. The van der Waals surface area contributed by atoms with Crippen LogP contribution in [0, 0.1) is 17.8 Å². The number of carboxylic acid groups (broad SMARTS) is 2. The van der Waals surface area contributed by atoms with Gasteiger partial charge < -0.3 is 121 Å². The number of thioether (sulfide) groups is 2. The van der Waals surface area contributed by atoms with Crippen molar-refractivity contribution < 1.29 is 107 Å². The lowest BCUT2D eigenvalue weighted by Crippen LogP contribution is -2.62. The van der Waals surface area contributed by atoms with Gasteiger partial charge in [-0.1, -0.05) is 41.5 Å². The number of rotatable bonds is 44. The fourth-order valence-corrected chi connectivity index (χ4v) is 14.4. The molecule has 4 aliphatic heterocycles.